The first-order valence-corrected chi connectivity index (χ1v) is 5.45. The van der Waals surface area contributed by atoms with E-state index >= 15 is 0 Å². The lowest BCUT2D eigenvalue weighted by Gasteiger charge is -2.21. The summed E-state index contributed by atoms with van der Waals surface area (Å²) in [5.41, 5.74) is 1.21. The van der Waals surface area contributed by atoms with Gasteiger partial charge in [0.25, 0.3) is 0 Å². The molecule has 0 fully saturated rings. The van der Waals surface area contributed by atoms with Gasteiger partial charge in [-0.15, -0.1) is 0 Å². The minimum atomic E-state index is 0.533. The van der Waals surface area contributed by atoms with Crippen LogP contribution in [-0.2, 0) is 6.54 Å². The molecule has 0 saturated heterocycles. The van der Waals surface area contributed by atoms with Gasteiger partial charge in [-0.05, 0) is 38.6 Å². The summed E-state index contributed by atoms with van der Waals surface area (Å²) in [5.74, 6) is 0.729. The zero-order valence-electron chi connectivity index (χ0n) is 9.75. The zero-order chi connectivity index (χ0) is 11.4. The predicted molar refractivity (Wildman–Crippen MR) is 64.6 cm³/mol. The van der Waals surface area contributed by atoms with Gasteiger partial charge >= 0.3 is 0 Å². The molecular formula is C12H18ClNO. The van der Waals surface area contributed by atoms with Crippen LogP contribution in [0.2, 0.25) is 5.02 Å². The largest absolute Gasteiger partial charge is 0.495 e. The minimum absolute atomic E-state index is 0.533. The highest BCUT2D eigenvalue weighted by atomic mass is 35.5. The van der Waals surface area contributed by atoms with Gasteiger partial charge in [-0.3, -0.25) is 4.90 Å². The first-order chi connectivity index (χ1) is 7.04. The molecule has 0 heterocycles. The van der Waals surface area contributed by atoms with Crippen LogP contribution in [0.5, 0.6) is 5.75 Å². The maximum absolute atomic E-state index is 6.05. The molecule has 0 N–H and O–H groups in total. The molecule has 1 aromatic rings. The summed E-state index contributed by atoms with van der Waals surface area (Å²) in [6, 6.07) is 6.44. The zero-order valence-corrected chi connectivity index (χ0v) is 10.5. The summed E-state index contributed by atoms with van der Waals surface area (Å²) in [7, 11) is 3.73. The molecule has 3 heteroatoms. The van der Waals surface area contributed by atoms with Gasteiger partial charge in [-0.2, -0.15) is 0 Å². The van der Waals surface area contributed by atoms with Crippen LogP contribution in [0.3, 0.4) is 0 Å². The lowest BCUT2D eigenvalue weighted by molar-refractivity contribution is 0.265. The van der Waals surface area contributed by atoms with Crippen LogP contribution in [0.4, 0.5) is 0 Å². The summed E-state index contributed by atoms with van der Waals surface area (Å²) in [5, 5.41) is 0.673. The van der Waals surface area contributed by atoms with Gasteiger partial charge in [0, 0.05) is 12.6 Å². The molecule has 0 amide bonds. The maximum Gasteiger partial charge on any atom is 0.137 e. The van der Waals surface area contributed by atoms with Gasteiger partial charge in [0.05, 0.1) is 12.1 Å². The highest BCUT2D eigenvalue weighted by Gasteiger charge is 2.06. The number of ether oxygens (including phenoxy) is 1. The minimum Gasteiger partial charge on any atom is -0.495 e. The van der Waals surface area contributed by atoms with Crippen molar-refractivity contribution in [2.45, 2.75) is 26.4 Å². The van der Waals surface area contributed by atoms with E-state index < -0.39 is 0 Å². The summed E-state index contributed by atoms with van der Waals surface area (Å²) in [4.78, 5) is 2.26. The van der Waals surface area contributed by atoms with Crippen LogP contribution in [0.1, 0.15) is 19.4 Å². The van der Waals surface area contributed by atoms with Crippen molar-refractivity contribution >= 4 is 11.6 Å². The van der Waals surface area contributed by atoms with Gasteiger partial charge in [0.15, 0.2) is 0 Å². The van der Waals surface area contributed by atoms with E-state index in [9.17, 15) is 0 Å². The maximum atomic E-state index is 6.05. The van der Waals surface area contributed by atoms with Crippen molar-refractivity contribution in [2.24, 2.45) is 0 Å². The molecule has 84 valence electrons. The lowest BCUT2D eigenvalue weighted by Crippen LogP contribution is -2.25. The van der Waals surface area contributed by atoms with Crippen LogP contribution >= 0.6 is 11.6 Å². The van der Waals surface area contributed by atoms with E-state index in [4.69, 9.17) is 16.3 Å². The SMILES string of the molecule is COc1ccc(CN(C)C(C)C)cc1Cl. The topological polar surface area (TPSA) is 12.5 Å². The molecule has 0 aliphatic heterocycles. The molecular weight excluding hydrogens is 210 g/mol. The molecule has 0 radical (unpaired) electrons. The Kier molecular flexibility index (Phi) is 4.43. The fourth-order valence-electron chi connectivity index (χ4n) is 1.28. The molecule has 2 nitrogen and oxygen atoms in total. The van der Waals surface area contributed by atoms with Crippen molar-refractivity contribution in [1.29, 1.82) is 0 Å². The molecule has 0 saturated carbocycles. The standard InChI is InChI=1S/C12H18ClNO/c1-9(2)14(3)8-10-5-6-12(15-4)11(13)7-10/h5-7,9H,8H2,1-4H3. The summed E-state index contributed by atoms with van der Waals surface area (Å²) >= 11 is 6.05. The highest BCUT2D eigenvalue weighted by Crippen LogP contribution is 2.25. The van der Waals surface area contributed by atoms with Crippen LogP contribution < -0.4 is 4.74 Å². The Balaban J connectivity index is 2.75. The second-order valence-electron chi connectivity index (χ2n) is 3.98. The monoisotopic (exact) mass is 227 g/mol. The quantitative estimate of drug-likeness (QED) is 0.784. The third-order valence-electron chi connectivity index (χ3n) is 2.53. The smallest absolute Gasteiger partial charge is 0.137 e. The highest BCUT2D eigenvalue weighted by molar-refractivity contribution is 6.32. The Labute approximate surface area is 96.8 Å². The normalized spacial score (nSPS) is 11.1. The molecule has 0 bridgehead atoms. The van der Waals surface area contributed by atoms with Crippen molar-refractivity contribution in [3.8, 4) is 5.75 Å². The Hall–Kier alpha value is -0.730. The second-order valence-corrected chi connectivity index (χ2v) is 4.38. The second kappa shape index (κ2) is 5.38. The van der Waals surface area contributed by atoms with Gasteiger partial charge in [0.1, 0.15) is 5.75 Å². The summed E-state index contributed by atoms with van der Waals surface area (Å²) in [6.45, 7) is 5.25. The molecule has 15 heavy (non-hydrogen) atoms. The Morgan fingerprint density at radius 3 is 2.53 bits per heavy atom. The van der Waals surface area contributed by atoms with E-state index in [1.54, 1.807) is 7.11 Å². The lowest BCUT2D eigenvalue weighted by atomic mass is 10.2. The van der Waals surface area contributed by atoms with E-state index in [0.29, 0.717) is 11.1 Å². The number of halogens is 1. The van der Waals surface area contributed by atoms with E-state index in [1.807, 2.05) is 18.2 Å². The molecule has 0 aliphatic rings. The third kappa shape index (κ3) is 3.40. The number of rotatable bonds is 4. The van der Waals surface area contributed by atoms with Crippen molar-refractivity contribution in [3.63, 3.8) is 0 Å². The average Bonchev–Trinajstić information content (AvgIpc) is 2.18. The van der Waals surface area contributed by atoms with Crippen LogP contribution in [0.15, 0.2) is 18.2 Å². The van der Waals surface area contributed by atoms with Crippen LogP contribution in [0, 0.1) is 0 Å². The predicted octanol–water partition coefficient (Wildman–Crippen LogP) is 3.19. The van der Waals surface area contributed by atoms with E-state index in [0.717, 1.165) is 12.3 Å². The van der Waals surface area contributed by atoms with Crippen molar-refractivity contribution < 1.29 is 4.74 Å². The molecule has 0 unspecified atom stereocenters. The van der Waals surface area contributed by atoms with E-state index in [-0.39, 0.29) is 0 Å². The van der Waals surface area contributed by atoms with Crippen molar-refractivity contribution in [2.75, 3.05) is 14.2 Å². The van der Waals surface area contributed by atoms with Crippen LogP contribution in [0.25, 0.3) is 0 Å². The number of hydrogen-bond acceptors (Lipinski definition) is 2. The number of nitrogens with zero attached hydrogens (tertiary/aromatic N) is 1. The molecule has 0 aromatic heterocycles. The first-order valence-electron chi connectivity index (χ1n) is 5.07. The van der Waals surface area contributed by atoms with E-state index in [1.165, 1.54) is 5.56 Å². The van der Waals surface area contributed by atoms with Gasteiger partial charge in [0.2, 0.25) is 0 Å². The molecule has 0 spiro atoms. The summed E-state index contributed by atoms with van der Waals surface area (Å²) < 4.78 is 5.11. The van der Waals surface area contributed by atoms with Gasteiger partial charge in [-0.1, -0.05) is 17.7 Å². The summed E-state index contributed by atoms with van der Waals surface area (Å²) in [6.07, 6.45) is 0. The number of benzene rings is 1. The van der Waals surface area contributed by atoms with Crippen LogP contribution in [-0.4, -0.2) is 25.1 Å². The number of hydrogen-bond donors (Lipinski definition) is 0. The Bertz CT molecular complexity index is 325. The Morgan fingerprint density at radius 2 is 2.07 bits per heavy atom. The molecule has 1 rings (SSSR count). The Morgan fingerprint density at radius 1 is 1.40 bits per heavy atom. The van der Waals surface area contributed by atoms with Gasteiger partial charge in [-0.25, -0.2) is 0 Å². The third-order valence-corrected chi connectivity index (χ3v) is 2.83. The van der Waals surface area contributed by atoms with Gasteiger partial charge < -0.3 is 4.74 Å². The van der Waals surface area contributed by atoms with Crippen molar-refractivity contribution in [1.82, 2.24) is 4.90 Å². The van der Waals surface area contributed by atoms with E-state index in [2.05, 4.69) is 25.8 Å². The fourth-order valence-corrected chi connectivity index (χ4v) is 1.56. The van der Waals surface area contributed by atoms with Crippen molar-refractivity contribution in [3.05, 3.63) is 28.8 Å². The average molecular weight is 228 g/mol. The fraction of sp³-hybridized carbons (Fsp3) is 0.500. The molecule has 0 atom stereocenters. The first kappa shape index (κ1) is 12.3. The molecule has 1 aromatic carbocycles. The number of methoxy groups -OCH3 is 1. The molecule has 0 aliphatic carbocycles.